The second-order valence-electron chi connectivity index (χ2n) is 9.67. The molecule has 3 aromatic heterocycles. The lowest BCUT2D eigenvalue weighted by atomic mass is 10.1. The number of carbonyl (C=O) groups excluding carboxylic acids is 1. The number of hydrogen-bond acceptors (Lipinski definition) is 17. The number of phosphoric acid groups is 2. The van der Waals surface area contributed by atoms with Crippen molar-refractivity contribution in [2.24, 2.45) is 5.73 Å². The summed E-state index contributed by atoms with van der Waals surface area (Å²) >= 11 is 0. The number of aliphatic hydroxyl groups excluding tert-OH is 4. The van der Waals surface area contributed by atoms with Crippen LogP contribution in [0.3, 0.4) is 0 Å². The van der Waals surface area contributed by atoms with Crippen LogP contribution in [0.5, 0.6) is 0 Å². The molecule has 0 aliphatic carbocycles. The van der Waals surface area contributed by atoms with Gasteiger partial charge in [-0.1, -0.05) is 0 Å². The van der Waals surface area contributed by atoms with E-state index in [-0.39, 0.29) is 28.0 Å². The molecule has 45 heavy (non-hydrogen) atoms. The molecular weight excluding hydrogens is 652 g/mol. The number of pyridine rings is 1. The van der Waals surface area contributed by atoms with E-state index in [4.69, 9.17) is 20.9 Å². The maximum absolute atomic E-state index is 12.4. The maximum atomic E-state index is 12.4. The van der Waals surface area contributed by atoms with Gasteiger partial charge in [-0.15, -0.1) is 0 Å². The van der Waals surface area contributed by atoms with E-state index in [9.17, 15) is 44.1 Å². The van der Waals surface area contributed by atoms with E-state index < -0.39 is 83.8 Å². The zero-order valence-electron chi connectivity index (χ0n) is 22.7. The van der Waals surface area contributed by atoms with Gasteiger partial charge in [-0.2, -0.15) is 4.57 Å². The van der Waals surface area contributed by atoms with Crippen molar-refractivity contribution in [2.75, 3.05) is 18.9 Å². The van der Waals surface area contributed by atoms with Crippen LogP contribution in [0.25, 0.3) is 11.2 Å². The molecule has 0 bridgehead atoms. The number of ether oxygens (including phenoxy) is 2. The zero-order chi connectivity index (χ0) is 32.0. The molecule has 248 valence electrons. The molecule has 0 aromatic carbocycles. The van der Waals surface area contributed by atoms with Crippen LogP contribution in [0, 0.1) is 0 Å². The quantitative estimate of drug-likeness (QED) is 0.0740. The molecule has 2 unspecified atom stereocenters. The van der Waals surface area contributed by atoms with Gasteiger partial charge in [-0.25, -0.2) is 23.8 Å². The van der Waals surface area contributed by atoms with Crippen molar-refractivity contribution in [2.45, 2.75) is 49.1 Å². The van der Waals surface area contributed by atoms with Gasteiger partial charge in [0, 0.05) is 6.07 Å². The van der Waals surface area contributed by atoms with Gasteiger partial charge in [0.1, 0.15) is 47.9 Å². The highest BCUT2D eigenvalue weighted by atomic mass is 31.3. The van der Waals surface area contributed by atoms with Crippen LogP contribution in [-0.4, -0.2) is 106 Å². The zero-order valence-corrected chi connectivity index (χ0v) is 24.5. The van der Waals surface area contributed by atoms with E-state index in [0.717, 1.165) is 6.33 Å². The van der Waals surface area contributed by atoms with Crippen molar-refractivity contribution in [3.8, 4) is 0 Å². The van der Waals surface area contributed by atoms with Gasteiger partial charge in [0.25, 0.3) is 20.0 Å². The molecule has 1 amide bonds. The van der Waals surface area contributed by atoms with Gasteiger partial charge in [0.2, 0.25) is 0 Å². The minimum absolute atomic E-state index is 0. The molecule has 11 N–H and O–H groups in total. The van der Waals surface area contributed by atoms with Crippen molar-refractivity contribution >= 4 is 38.5 Å². The van der Waals surface area contributed by atoms with Gasteiger partial charge in [0.15, 0.2) is 36.2 Å². The van der Waals surface area contributed by atoms with Gasteiger partial charge in [-0.3, -0.25) is 18.5 Å². The molecular formula is C21H29N7O15P2. The van der Waals surface area contributed by atoms with Crippen LogP contribution in [0.1, 0.15) is 22.8 Å². The van der Waals surface area contributed by atoms with E-state index >= 15 is 0 Å². The summed E-state index contributed by atoms with van der Waals surface area (Å²) in [6, 6.07) is 2.82. The summed E-state index contributed by atoms with van der Waals surface area (Å²) in [5.41, 5.74) is 11.4. The Morgan fingerprint density at radius 2 is 1.71 bits per heavy atom. The number of phosphoric ester groups is 2. The van der Waals surface area contributed by atoms with E-state index in [2.05, 4.69) is 28.3 Å². The largest absolute Gasteiger partial charge is 0.756 e. The number of imidazole rings is 1. The molecule has 3 aromatic rings. The Labute approximate surface area is 251 Å². The minimum Gasteiger partial charge on any atom is -0.756 e. The molecule has 22 nitrogen and oxygen atoms in total. The fraction of sp³-hybridized carbons (Fsp3) is 0.476. The van der Waals surface area contributed by atoms with Crippen LogP contribution in [0.15, 0.2) is 37.2 Å². The maximum Gasteiger partial charge on any atom is 0.478 e. The van der Waals surface area contributed by atoms with Crippen molar-refractivity contribution in [3.05, 3.63) is 42.7 Å². The molecule has 10 atom stereocenters. The first kappa shape index (κ1) is 34.8. The lowest BCUT2D eigenvalue weighted by Crippen LogP contribution is -2.46. The number of aromatic nitrogens is 5. The molecule has 5 heterocycles. The Balaban J connectivity index is 0.00000461. The second-order valence-corrected chi connectivity index (χ2v) is 12.7. The molecule has 5 rings (SSSR count). The van der Waals surface area contributed by atoms with Gasteiger partial charge >= 0.3 is 7.82 Å². The smallest absolute Gasteiger partial charge is 0.478 e. The number of anilines is 1. The highest BCUT2D eigenvalue weighted by molar-refractivity contribution is 7.60. The number of nitrogen functional groups attached to an aromatic ring is 1. The molecule has 2 aliphatic rings. The number of hydrogen-bond donors (Lipinski definition) is 7. The third-order valence-electron chi connectivity index (χ3n) is 6.74. The molecule has 0 radical (unpaired) electrons. The van der Waals surface area contributed by atoms with E-state index in [1.54, 1.807) is 0 Å². The Kier molecular flexibility index (Phi) is 10.3. The number of aliphatic hydroxyl groups is 4. The lowest BCUT2D eigenvalue weighted by molar-refractivity contribution is -0.765. The van der Waals surface area contributed by atoms with E-state index in [0.29, 0.717) is 0 Å². The fourth-order valence-electron chi connectivity index (χ4n) is 4.57. The third-order valence-corrected chi connectivity index (χ3v) is 9.30. The standard InChI is InChI=1S/C21H27N7O14P2.H2O/c22-17-12-19(25-7-24-17)28(8-26-12)21-16(32)14(30)11(41-21)6-39-44(36,37)42-43(34,35)38-5-10-13(29)15(31)20(40-10)27-3-1-2-9(4-27)18(23)33;/h1-4,7-8,10-11,13-16,20-21,29-32H,5-6H2,(H5-,22,23,24,25,33,34,35,36,37);1H2/t10-,11-,13-,14-,15-,16-,20-,21-;/m1./s1. The monoisotopic (exact) mass is 681 g/mol. The topological polar surface area (TPSA) is 353 Å². The first-order valence-electron chi connectivity index (χ1n) is 12.6. The van der Waals surface area contributed by atoms with Crippen LogP contribution < -0.4 is 20.9 Å². The summed E-state index contributed by atoms with van der Waals surface area (Å²) in [6.45, 7) is -1.89. The number of primary amides is 1. The SMILES string of the molecule is NC(=O)c1ccc[n+]([C@@H]2O[C@H](COP(=O)([O-])OP(=O)(O)OC[C@H]3O[C@@H](n4cnc5c(N)ncnc54)[C@H](O)[C@@H]3O)[C@@H](O)[C@H]2O)c1.O. The predicted octanol–water partition coefficient (Wildman–Crippen LogP) is -4.47. The van der Waals surface area contributed by atoms with Crippen molar-refractivity contribution < 1.29 is 77.0 Å². The van der Waals surface area contributed by atoms with Crippen molar-refractivity contribution in [3.63, 3.8) is 0 Å². The summed E-state index contributed by atoms with van der Waals surface area (Å²) in [7, 11) is -11.0. The average Bonchev–Trinajstić information content (AvgIpc) is 3.61. The Morgan fingerprint density at radius 1 is 1.04 bits per heavy atom. The normalized spacial score (nSPS) is 30.9. The van der Waals surface area contributed by atoms with Crippen LogP contribution >= 0.6 is 15.6 Å². The number of nitrogens with two attached hydrogens (primary N) is 2. The van der Waals surface area contributed by atoms with Crippen LogP contribution in [0.4, 0.5) is 5.82 Å². The Hall–Kier alpha value is -3.05. The number of fused-ring (bicyclic) bond motifs is 1. The van der Waals surface area contributed by atoms with E-state index in [1.165, 1.54) is 40.0 Å². The summed E-state index contributed by atoms with van der Waals surface area (Å²) in [5, 5.41) is 41.6. The van der Waals surface area contributed by atoms with Crippen molar-refractivity contribution in [1.29, 1.82) is 0 Å². The summed E-state index contributed by atoms with van der Waals surface area (Å²) in [6.07, 6.45) is -7.05. The highest BCUT2D eigenvalue weighted by Crippen LogP contribution is 2.58. The first-order chi connectivity index (χ1) is 20.7. The second kappa shape index (κ2) is 13.4. The number of nitrogens with zero attached hydrogens (tertiary/aromatic N) is 5. The third kappa shape index (κ3) is 7.35. The first-order valence-corrected chi connectivity index (χ1v) is 15.5. The molecule has 2 aliphatic heterocycles. The fourth-order valence-corrected chi connectivity index (χ4v) is 6.62. The highest BCUT2D eigenvalue weighted by Gasteiger charge is 2.49. The van der Waals surface area contributed by atoms with Crippen LogP contribution in [0.2, 0.25) is 0 Å². The Bertz CT molecular complexity index is 1630. The van der Waals surface area contributed by atoms with Crippen molar-refractivity contribution in [1.82, 2.24) is 19.5 Å². The number of amides is 1. The minimum atomic E-state index is -5.62. The molecule has 2 saturated heterocycles. The van der Waals surface area contributed by atoms with Gasteiger partial charge < -0.3 is 61.2 Å². The van der Waals surface area contributed by atoms with Gasteiger partial charge in [0.05, 0.1) is 19.5 Å². The van der Waals surface area contributed by atoms with Gasteiger partial charge in [-0.05, 0) is 6.07 Å². The summed E-state index contributed by atoms with van der Waals surface area (Å²) in [4.78, 5) is 45.5. The van der Waals surface area contributed by atoms with Crippen LogP contribution in [-0.2, 0) is 32.0 Å². The molecule has 0 saturated carbocycles. The molecule has 24 heteroatoms. The average molecular weight is 681 g/mol. The summed E-state index contributed by atoms with van der Waals surface area (Å²) < 4.78 is 51.5. The number of carbonyl (C=O) groups is 1. The van der Waals surface area contributed by atoms with E-state index in [1.807, 2.05) is 0 Å². The predicted molar refractivity (Wildman–Crippen MR) is 141 cm³/mol. The molecule has 2 fully saturated rings. The molecule has 0 spiro atoms. The lowest BCUT2D eigenvalue weighted by Gasteiger charge is -2.26. The Morgan fingerprint density at radius 3 is 2.42 bits per heavy atom. The number of rotatable bonds is 11. The summed E-state index contributed by atoms with van der Waals surface area (Å²) in [5.74, 6) is -0.729.